The first-order valence-corrected chi connectivity index (χ1v) is 8.75. The quantitative estimate of drug-likeness (QED) is 0.144. The van der Waals surface area contributed by atoms with E-state index in [1.54, 1.807) is 6.21 Å². The fourth-order valence-electron chi connectivity index (χ4n) is 2.57. The molecule has 0 aromatic rings. The van der Waals surface area contributed by atoms with Gasteiger partial charge in [-0.3, -0.25) is 0 Å². The largest absolute Gasteiger partial charge is 0.365 e. The van der Waals surface area contributed by atoms with Crippen molar-refractivity contribution in [3.8, 4) is 0 Å². The summed E-state index contributed by atoms with van der Waals surface area (Å²) in [5.41, 5.74) is 1.10. The molecule has 0 aromatic carbocycles. The first-order valence-electron chi connectivity index (χ1n) is 8.75. The van der Waals surface area contributed by atoms with Gasteiger partial charge < -0.3 is 4.84 Å². The van der Waals surface area contributed by atoms with Crippen LogP contribution < -0.4 is 0 Å². The molecular formula is C19H35NO. The molecule has 21 heavy (non-hydrogen) atoms. The lowest BCUT2D eigenvalue weighted by molar-refractivity contribution is 0.271. The molecule has 0 spiro atoms. The topological polar surface area (TPSA) is 21.6 Å². The van der Waals surface area contributed by atoms with E-state index in [0.717, 1.165) is 5.57 Å². The number of rotatable bonds is 15. The number of unbranched alkanes of at least 4 members (excludes halogenated alkanes) is 7. The molecular weight excluding hydrogens is 258 g/mol. The van der Waals surface area contributed by atoms with Crippen LogP contribution >= 0.6 is 0 Å². The van der Waals surface area contributed by atoms with Crippen molar-refractivity contribution in [2.24, 2.45) is 11.1 Å². The summed E-state index contributed by atoms with van der Waals surface area (Å²) in [4.78, 5) is 4.83. The molecule has 0 aromatic heterocycles. The fraction of sp³-hybridized carbons (Fsp3) is 0.737. The number of nitrogens with zero attached hydrogens (tertiary/aromatic N) is 1. The predicted octanol–water partition coefficient (Wildman–Crippen LogP) is 6.64. The van der Waals surface area contributed by atoms with Crippen LogP contribution in [0.3, 0.4) is 0 Å². The normalized spacial score (nSPS) is 12.5. The summed E-state index contributed by atoms with van der Waals surface area (Å²) >= 11 is 0. The molecule has 0 N–H and O–H groups in total. The molecule has 0 bridgehead atoms. The molecule has 0 aliphatic carbocycles. The number of hydrogen-bond donors (Lipinski definition) is 0. The summed E-state index contributed by atoms with van der Waals surface area (Å²) in [6.07, 6.45) is 17.5. The van der Waals surface area contributed by atoms with Crippen LogP contribution in [0.5, 0.6) is 0 Å². The van der Waals surface area contributed by atoms with E-state index in [-0.39, 0.29) is 0 Å². The molecule has 0 aliphatic heterocycles. The van der Waals surface area contributed by atoms with E-state index < -0.39 is 0 Å². The van der Waals surface area contributed by atoms with Crippen LogP contribution in [-0.4, -0.2) is 6.21 Å². The van der Waals surface area contributed by atoms with E-state index in [9.17, 15) is 0 Å². The zero-order chi connectivity index (χ0) is 15.8. The van der Waals surface area contributed by atoms with E-state index in [4.69, 9.17) is 4.84 Å². The smallest absolute Gasteiger partial charge is 0.114 e. The SMILES string of the molecule is C=CO/N=C\C(=C)C(CCCCCC)CCCCCCC. The average molecular weight is 293 g/mol. The molecule has 0 fully saturated rings. The van der Waals surface area contributed by atoms with Crippen LogP contribution in [0.25, 0.3) is 0 Å². The van der Waals surface area contributed by atoms with Crippen LogP contribution in [0.4, 0.5) is 0 Å². The Kier molecular flexibility index (Phi) is 14.6. The third-order valence-corrected chi connectivity index (χ3v) is 3.94. The van der Waals surface area contributed by atoms with Gasteiger partial charge in [0.2, 0.25) is 0 Å². The van der Waals surface area contributed by atoms with E-state index in [0.29, 0.717) is 5.92 Å². The van der Waals surface area contributed by atoms with Crippen molar-refractivity contribution in [2.45, 2.75) is 84.5 Å². The predicted molar refractivity (Wildman–Crippen MR) is 94.5 cm³/mol. The second kappa shape index (κ2) is 15.3. The first-order chi connectivity index (χ1) is 10.3. The minimum atomic E-state index is 0.556. The highest BCUT2D eigenvalue weighted by atomic mass is 16.6. The van der Waals surface area contributed by atoms with Gasteiger partial charge in [-0.2, -0.15) is 0 Å². The van der Waals surface area contributed by atoms with E-state index >= 15 is 0 Å². The van der Waals surface area contributed by atoms with Gasteiger partial charge in [-0.15, -0.1) is 0 Å². The monoisotopic (exact) mass is 293 g/mol. The second-order valence-electron chi connectivity index (χ2n) is 5.83. The van der Waals surface area contributed by atoms with Crippen molar-refractivity contribution < 1.29 is 4.84 Å². The highest BCUT2D eigenvalue weighted by Gasteiger charge is 2.11. The van der Waals surface area contributed by atoms with Crippen LogP contribution in [0, 0.1) is 5.92 Å². The minimum absolute atomic E-state index is 0.556. The lowest BCUT2D eigenvalue weighted by Gasteiger charge is -2.17. The van der Waals surface area contributed by atoms with Crippen LogP contribution in [-0.2, 0) is 4.84 Å². The van der Waals surface area contributed by atoms with E-state index in [1.807, 2.05) is 0 Å². The van der Waals surface area contributed by atoms with Crippen LogP contribution in [0.1, 0.15) is 84.5 Å². The number of allylic oxidation sites excluding steroid dienone is 1. The fourth-order valence-corrected chi connectivity index (χ4v) is 2.57. The zero-order valence-corrected chi connectivity index (χ0v) is 14.3. The van der Waals surface area contributed by atoms with Gasteiger partial charge in [0.05, 0.1) is 6.21 Å². The Morgan fingerprint density at radius 2 is 1.48 bits per heavy atom. The summed E-state index contributed by atoms with van der Waals surface area (Å²) in [5, 5.41) is 3.87. The molecule has 1 unspecified atom stereocenters. The second-order valence-corrected chi connectivity index (χ2v) is 5.83. The van der Waals surface area contributed by atoms with Crippen molar-refractivity contribution in [1.82, 2.24) is 0 Å². The maximum atomic E-state index is 4.83. The van der Waals surface area contributed by atoms with Crippen LogP contribution in [0.2, 0.25) is 0 Å². The molecule has 0 saturated carbocycles. The standard InChI is InChI=1S/C19H35NO/c1-5-8-10-12-14-16-19(15-13-11-9-6-2)18(4)17-20-21-7-3/h7,17,19H,3-6,8-16H2,1-2H3/b20-17-. The average Bonchev–Trinajstić information content (AvgIpc) is 2.49. The number of hydrogen-bond acceptors (Lipinski definition) is 2. The molecule has 0 rings (SSSR count). The van der Waals surface area contributed by atoms with Gasteiger partial charge in [-0.1, -0.05) is 89.9 Å². The highest BCUT2D eigenvalue weighted by Crippen LogP contribution is 2.23. The molecule has 122 valence electrons. The van der Waals surface area contributed by atoms with Gasteiger partial charge in [0, 0.05) is 0 Å². The molecule has 1 atom stereocenters. The van der Waals surface area contributed by atoms with E-state index in [1.165, 1.54) is 76.9 Å². The van der Waals surface area contributed by atoms with Crippen molar-refractivity contribution in [3.05, 3.63) is 25.0 Å². The minimum Gasteiger partial charge on any atom is -0.365 e. The maximum absolute atomic E-state index is 4.83. The zero-order valence-electron chi connectivity index (χ0n) is 14.3. The summed E-state index contributed by atoms with van der Waals surface area (Å²) in [6, 6.07) is 0. The summed E-state index contributed by atoms with van der Waals surface area (Å²) in [5.74, 6) is 0.556. The van der Waals surface area contributed by atoms with Crippen molar-refractivity contribution in [3.63, 3.8) is 0 Å². The molecule has 0 aliphatic rings. The Bertz CT molecular complexity index is 283. The first kappa shape index (κ1) is 19.9. The Labute approximate surface area is 132 Å². The lowest BCUT2D eigenvalue weighted by Crippen LogP contribution is -2.05. The van der Waals surface area contributed by atoms with Gasteiger partial charge >= 0.3 is 0 Å². The summed E-state index contributed by atoms with van der Waals surface area (Å²) in [7, 11) is 0. The third kappa shape index (κ3) is 12.4. The van der Waals surface area contributed by atoms with E-state index in [2.05, 4.69) is 32.2 Å². The molecule has 0 saturated heterocycles. The van der Waals surface area contributed by atoms with Crippen LogP contribution in [0.15, 0.2) is 30.1 Å². The Morgan fingerprint density at radius 3 is 2.00 bits per heavy atom. The lowest BCUT2D eigenvalue weighted by atomic mass is 9.89. The Morgan fingerprint density at radius 1 is 0.952 bits per heavy atom. The van der Waals surface area contributed by atoms with Gasteiger partial charge in [-0.25, -0.2) is 0 Å². The Balaban J connectivity index is 4.12. The molecule has 0 amide bonds. The molecule has 2 heteroatoms. The molecule has 0 radical (unpaired) electrons. The summed E-state index contributed by atoms with van der Waals surface area (Å²) < 4.78 is 0. The molecule has 2 nitrogen and oxygen atoms in total. The third-order valence-electron chi connectivity index (χ3n) is 3.94. The van der Waals surface area contributed by atoms with Gasteiger partial charge in [0.1, 0.15) is 6.26 Å². The Hall–Kier alpha value is -1.05. The highest BCUT2D eigenvalue weighted by molar-refractivity contribution is 5.77. The number of oxime groups is 1. The summed E-state index contributed by atoms with van der Waals surface area (Å²) in [6.45, 7) is 12.2. The maximum Gasteiger partial charge on any atom is 0.114 e. The molecule has 0 heterocycles. The van der Waals surface area contributed by atoms with Gasteiger partial charge in [0.25, 0.3) is 0 Å². The van der Waals surface area contributed by atoms with Crippen molar-refractivity contribution >= 4 is 6.21 Å². The van der Waals surface area contributed by atoms with Crippen molar-refractivity contribution in [2.75, 3.05) is 0 Å². The van der Waals surface area contributed by atoms with Gasteiger partial charge in [-0.05, 0) is 24.3 Å². The van der Waals surface area contributed by atoms with Gasteiger partial charge in [0.15, 0.2) is 0 Å². The van der Waals surface area contributed by atoms with Crippen molar-refractivity contribution in [1.29, 1.82) is 0 Å².